The van der Waals surface area contributed by atoms with Crippen molar-refractivity contribution in [2.75, 3.05) is 7.11 Å². The highest BCUT2D eigenvalue weighted by Crippen LogP contribution is 2.36. The van der Waals surface area contributed by atoms with E-state index in [2.05, 4.69) is 11.6 Å². The lowest BCUT2D eigenvalue weighted by atomic mass is 9.94. The predicted octanol–water partition coefficient (Wildman–Crippen LogP) is 3.73. The number of thiazole rings is 1. The van der Waals surface area contributed by atoms with E-state index in [0.29, 0.717) is 5.01 Å². The Labute approximate surface area is 127 Å². The molecule has 3 aromatic rings. The summed E-state index contributed by atoms with van der Waals surface area (Å²) in [5.41, 5.74) is 0.305. The zero-order valence-electron chi connectivity index (χ0n) is 11.6. The van der Waals surface area contributed by atoms with Gasteiger partial charge in [0.25, 0.3) is 0 Å². The van der Waals surface area contributed by atoms with Gasteiger partial charge in [-0.25, -0.2) is 4.98 Å². The van der Waals surface area contributed by atoms with Gasteiger partial charge < -0.3 is 9.84 Å². The number of hydrogen-bond acceptors (Lipinski definition) is 4. The third-order valence-corrected chi connectivity index (χ3v) is 4.61. The van der Waals surface area contributed by atoms with Crippen LogP contribution in [0.2, 0.25) is 0 Å². The van der Waals surface area contributed by atoms with Gasteiger partial charge in [-0.3, -0.25) is 0 Å². The number of aliphatic hydroxyl groups is 1. The average molecular weight is 297 g/mol. The van der Waals surface area contributed by atoms with Crippen molar-refractivity contribution in [2.45, 2.75) is 5.60 Å². The second kappa shape index (κ2) is 5.31. The van der Waals surface area contributed by atoms with Gasteiger partial charge in [0.2, 0.25) is 0 Å². The van der Waals surface area contributed by atoms with Crippen LogP contribution >= 0.6 is 11.3 Å². The lowest BCUT2D eigenvalue weighted by Crippen LogP contribution is -2.23. The Kier molecular flexibility index (Phi) is 3.49. The highest BCUT2D eigenvalue weighted by atomic mass is 32.1. The molecule has 0 saturated carbocycles. The van der Waals surface area contributed by atoms with E-state index in [0.717, 1.165) is 21.5 Å². The number of hydrogen-bond donors (Lipinski definition) is 1. The predicted molar refractivity (Wildman–Crippen MR) is 85.8 cm³/mol. The second-order valence-corrected chi connectivity index (χ2v) is 5.72. The molecule has 4 heteroatoms. The highest BCUT2D eigenvalue weighted by Gasteiger charge is 2.31. The topological polar surface area (TPSA) is 42.4 Å². The molecular weight excluding hydrogens is 282 g/mol. The quantitative estimate of drug-likeness (QED) is 0.746. The fourth-order valence-corrected chi connectivity index (χ4v) is 3.28. The summed E-state index contributed by atoms with van der Waals surface area (Å²) in [7, 11) is 1.61. The smallest absolute Gasteiger partial charge is 0.159 e. The fourth-order valence-electron chi connectivity index (χ4n) is 2.21. The van der Waals surface area contributed by atoms with Crippen LogP contribution in [0.4, 0.5) is 0 Å². The summed E-state index contributed by atoms with van der Waals surface area (Å²) in [6, 6.07) is 15.1. The first kappa shape index (κ1) is 13.8. The van der Waals surface area contributed by atoms with Crippen LogP contribution in [0.15, 0.2) is 61.2 Å². The SMILES string of the molecule is C=CC(O)(c1ccc(OC)cc1)c1nc2ccccc2s1. The van der Waals surface area contributed by atoms with Crippen LogP contribution in [0.1, 0.15) is 10.6 Å². The molecule has 1 aromatic heterocycles. The minimum Gasteiger partial charge on any atom is -0.497 e. The number of ether oxygens (including phenoxy) is 1. The Hall–Kier alpha value is -2.17. The maximum Gasteiger partial charge on any atom is 0.159 e. The van der Waals surface area contributed by atoms with Crippen molar-refractivity contribution in [2.24, 2.45) is 0 Å². The van der Waals surface area contributed by atoms with Crippen LogP contribution < -0.4 is 4.74 Å². The second-order valence-electron chi connectivity index (χ2n) is 4.69. The largest absolute Gasteiger partial charge is 0.497 e. The number of benzene rings is 2. The molecule has 0 aliphatic heterocycles. The summed E-state index contributed by atoms with van der Waals surface area (Å²) in [6.45, 7) is 3.78. The van der Waals surface area contributed by atoms with Crippen LogP contribution in [0.5, 0.6) is 5.75 Å². The van der Waals surface area contributed by atoms with Crippen LogP contribution in [0.3, 0.4) is 0 Å². The van der Waals surface area contributed by atoms with Gasteiger partial charge in [0.15, 0.2) is 5.60 Å². The van der Waals surface area contributed by atoms with Crippen molar-refractivity contribution >= 4 is 21.6 Å². The maximum absolute atomic E-state index is 11.0. The molecule has 1 heterocycles. The number of methoxy groups -OCH3 is 1. The van der Waals surface area contributed by atoms with Crippen LogP contribution in [-0.4, -0.2) is 17.2 Å². The summed E-state index contributed by atoms with van der Waals surface area (Å²) in [4.78, 5) is 4.54. The zero-order chi connectivity index (χ0) is 14.9. The summed E-state index contributed by atoms with van der Waals surface area (Å²) in [5, 5.41) is 11.6. The molecule has 2 aromatic carbocycles. The van der Waals surface area contributed by atoms with Crippen molar-refractivity contribution in [1.29, 1.82) is 0 Å². The van der Waals surface area contributed by atoms with E-state index in [1.165, 1.54) is 17.4 Å². The monoisotopic (exact) mass is 297 g/mol. The molecule has 0 spiro atoms. The number of fused-ring (bicyclic) bond motifs is 1. The Morgan fingerprint density at radius 1 is 1.19 bits per heavy atom. The van der Waals surface area contributed by atoms with Crippen molar-refractivity contribution < 1.29 is 9.84 Å². The molecule has 0 radical (unpaired) electrons. The molecule has 0 saturated heterocycles. The van der Waals surface area contributed by atoms with Gasteiger partial charge in [-0.15, -0.1) is 11.3 Å². The molecule has 0 aliphatic rings. The summed E-state index contributed by atoms with van der Waals surface area (Å²) in [6.07, 6.45) is 1.52. The summed E-state index contributed by atoms with van der Waals surface area (Å²) >= 11 is 1.47. The minimum atomic E-state index is -1.30. The standard InChI is InChI=1S/C17H15NO2S/c1-3-17(19,12-8-10-13(20-2)11-9-12)16-18-14-6-4-5-7-15(14)21-16/h3-11,19H,1H2,2H3. The van der Waals surface area contributed by atoms with Gasteiger partial charge >= 0.3 is 0 Å². The zero-order valence-corrected chi connectivity index (χ0v) is 12.4. The third kappa shape index (κ3) is 2.33. The summed E-state index contributed by atoms with van der Waals surface area (Å²) < 4.78 is 6.19. The molecule has 1 atom stereocenters. The van der Waals surface area contributed by atoms with E-state index in [4.69, 9.17) is 4.74 Å². The molecule has 0 aliphatic carbocycles. The van der Waals surface area contributed by atoms with Gasteiger partial charge in [0, 0.05) is 0 Å². The van der Waals surface area contributed by atoms with Crippen LogP contribution in [0.25, 0.3) is 10.2 Å². The lowest BCUT2D eigenvalue weighted by Gasteiger charge is -2.22. The van der Waals surface area contributed by atoms with E-state index in [9.17, 15) is 5.11 Å². The molecular formula is C17H15NO2S. The number of aromatic nitrogens is 1. The van der Waals surface area contributed by atoms with E-state index >= 15 is 0 Å². The number of para-hydroxylation sites is 1. The minimum absolute atomic E-state index is 0.615. The molecule has 1 unspecified atom stereocenters. The molecule has 3 nitrogen and oxygen atoms in total. The molecule has 21 heavy (non-hydrogen) atoms. The fraction of sp³-hybridized carbons (Fsp3) is 0.118. The third-order valence-electron chi connectivity index (χ3n) is 3.45. The van der Waals surface area contributed by atoms with Gasteiger partial charge in [-0.1, -0.05) is 30.8 Å². The average Bonchev–Trinajstić information content (AvgIpc) is 2.98. The lowest BCUT2D eigenvalue weighted by molar-refractivity contribution is 0.134. The van der Waals surface area contributed by atoms with E-state index < -0.39 is 5.60 Å². The molecule has 1 N–H and O–H groups in total. The molecule has 0 amide bonds. The normalized spacial score (nSPS) is 13.8. The molecule has 106 valence electrons. The Morgan fingerprint density at radius 3 is 2.52 bits per heavy atom. The Morgan fingerprint density at radius 2 is 1.90 bits per heavy atom. The number of nitrogens with zero attached hydrogens (tertiary/aromatic N) is 1. The van der Waals surface area contributed by atoms with Gasteiger partial charge in [-0.05, 0) is 35.9 Å². The van der Waals surface area contributed by atoms with Crippen molar-refractivity contribution in [3.05, 3.63) is 71.8 Å². The first-order chi connectivity index (χ1) is 10.2. The van der Waals surface area contributed by atoms with Gasteiger partial charge in [0.1, 0.15) is 10.8 Å². The first-order valence-corrected chi connectivity index (χ1v) is 7.35. The van der Waals surface area contributed by atoms with Crippen LogP contribution in [0, 0.1) is 0 Å². The number of rotatable bonds is 4. The molecule has 0 bridgehead atoms. The van der Waals surface area contributed by atoms with E-state index in [-0.39, 0.29) is 0 Å². The van der Waals surface area contributed by atoms with Gasteiger partial charge in [-0.2, -0.15) is 0 Å². The maximum atomic E-state index is 11.0. The Bertz CT molecular complexity index is 746. The Balaban J connectivity index is 2.11. The van der Waals surface area contributed by atoms with E-state index in [1.807, 2.05) is 48.5 Å². The molecule has 0 fully saturated rings. The summed E-state index contributed by atoms with van der Waals surface area (Å²) in [5.74, 6) is 0.745. The van der Waals surface area contributed by atoms with Crippen molar-refractivity contribution in [1.82, 2.24) is 4.98 Å². The van der Waals surface area contributed by atoms with Gasteiger partial charge in [0.05, 0.1) is 17.3 Å². The first-order valence-electron chi connectivity index (χ1n) is 6.54. The highest BCUT2D eigenvalue weighted by molar-refractivity contribution is 7.18. The van der Waals surface area contributed by atoms with Crippen molar-refractivity contribution in [3.8, 4) is 5.75 Å². The van der Waals surface area contributed by atoms with Crippen molar-refractivity contribution in [3.63, 3.8) is 0 Å². The van der Waals surface area contributed by atoms with Crippen LogP contribution in [-0.2, 0) is 5.60 Å². The molecule has 3 rings (SSSR count). The van der Waals surface area contributed by atoms with E-state index in [1.54, 1.807) is 7.11 Å².